The standard InChI is InChI=1S/C17H20Cl2N4/c1-12-20-16(22-15-7-6-13(18)10-14(15)19)11-17(21-12)23-8-4-2-3-5-9-23/h6-7,10-11H,2-5,8-9H2,1H3,(H,20,21,22). The number of nitrogens with zero attached hydrogens (tertiary/aromatic N) is 3. The third-order valence-corrected chi connectivity index (χ3v) is 4.50. The molecule has 3 rings (SSSR count). The summed E-state index contributed by atoms with van der Waals surface area (Å²) in [6.07, 6.45) is 5.03. The smallest absolute Gasteiger partial charge is 0.136 e. The Kier molecular flexibility index (Phi) is 5.23. The lowest BCUT2D eigenvalue weighted by Crippen LogP contribution is -2.25. The van der Waals surface area contributed by atoms with E-state index in [1.807, 2.05) is 19.1 Å². The summed E-state index contributed by atoms with van der Waals surface area (Å²) < 4.78 is 0. The summed E-state index contributed by atoms with van der Waals surface area (Å²) >= 11 is 12.2. The number of hydrogen-bond donors (Lipinski definition) is 1. The number of aromatic nitrogens is 2. The molecular weight excluding hydrogens is 331 g/mol. The molecule has 1 aliphatic rings. The Morgan fingerprint density at radius 3 is 2.43 bits per heavy atom. The maximum absolute atomic E-state index is 6.23. The van der Waals surface area contributed by atoms with E-state index in [4.69, 9.17) is 23.2 Å². The third-order valence-electron chi connectivity index (χ3n) is 3.95. The van der Waals surface area contributed by atoms with Gasteiger partial charge in [-0.15, -0.1) is 0 Å². The lowest BCUT2D eigenvalue weighted by Gasteiger charge is -2.22. The summed E-state index contributed by atoms with van der Waals surface area (Å²) in [5.74, 6) is 2.48. The van der Waals surface area contributed by atoms with Crippen LogP contribution in [0.3, 0.4) is 0 Å². The van der Waals surface area contributed by atoms with Crippen LogP contribution in [-0.4, -0.2) is 23.1 Å². The summed E-state index contributed by atoms with van der Waals surface area (Å²) in [5, 5.41) is 4.46. The quantitative estimate of drug-likeness (QED) is 0.824. The molecule has 0 aliphatic carbocycles. The number of rotatable bonds is 3. The van der Waals surface area contributed by atoms with Crippen molar-refractivity contribution in [2.24, 2.45) is 0 Å². The van der Waals surface area contributed by atoms with Gasteiger partial charge in [-0.2, -0.15) is 0 Å². The molecule has 23 heavy (non-hydrogen) atoms. The van der Waals surface area contributed by atoms with Gasteiger partial charge in [0, 0.05) is 24.2 Å². The van der Waals surface area contributed by atoms with Gasteiger partial charge in [-0.1, -0.05) is 36.0 Å². The highest BCUT2D eigenvalue weighted by atomic mass is 35.5. The van der Waals surface area contributed by atoms with Crippen molar-refractivity contribution in [3.63, 3.8) is 0 Å². The van der Waals surface area contributed by atoms with E-state index in [1.54, 1.807) is 12.1 Å². The lowest BCUT2D eigenvalue weighted by atomic mass is 10.2. The molecule has 2 aromatic rings. The highest BCUT2D eigenvalue weighted by molar-refractivity contribution is 6.36. The van der Waals surface area contributed by atoms with Crippen LogP contribution in [0.2, 0.25) is 10.0 Å². The van der Waals surface area contributed by atoms with Crippen LogP contribution in [0.4, 0.5) is 17.3 Å². The number of aryl methyl sites for hydroxylation is 1. The molecule has 1 aliphatic heterocycles. The molecule has 122 valence electrons. The van der Waals surface area contributed by atoms with Crippen molar-refractivity contribution in [2.75, 3.05) is 23.3 Å². The zero-order valence-electron chi connectivity index (χ0n) is 13.1. The number of nitrogens with one attached hydrogen (secondary N) is 1. The van der Waals surface area contributed by atoms with E-state index in [9.17, 15) is 0 Å². The van der Waals surface area contributed by atoms with Crippen molar-refractivity contribution in [2.45, 2.75) is 32.6 Å². The van der Waals surface area contributed by atoms with Gasteiger partial charge in [-0.25, -0.2) is 9.97 Å². The fourth-order valence-corrected chi connectivity index (χ4v) is 3.26. The molecule has 0 saturated carbocycles. The summed E-state index contributed by atoms with van der Waals surface area (Å²) in [7, 11) is 0. The van der Waals surface area contributed by atoms with Gasteiger partial charge in [0.1, 0.15) is 17.5 Å². The van der Waals surface area contributed by atoms with Gasteiger partial charge in [0.25, 0.3) is 0 Å². The number of hydrogen-bond acceptors (Lipinski definition) is 4. The van der Waals surface area contributed by atoms with Crippen LogP contribution in [0.1, 0.15) is 31.5 Å². The Morgan fingerprint density at radius 2 is 1.74 bits per heavy atom. The Balaban J connectivity index is 1.84. The zero-order valence-corrected chi connectivity index (χ0v) is 14.7. The van der Waals surface area contributed by atoms with Crippen LogP contribution in [0.15, 0.2) is 24.3 Å². The first-order valence-corrected chi connectivity index (χ1v) is 8.70. The second kappa shape index (κ2) is 7.37. The topological polar surface area (TPSA) is 41.1 Å². The molecule has 6 heteroatoms. The molecule has 0 spiro atoms. The largest absolute Gasteiger partial charge is 0.356 e. The fourth-order valence-electron chi connectivity index (χ4n) is 2.81. The molecule has 0 atom stereocenters. The molecule has 4 nitrogen and oxygen atoms in total. The van der Waals surface area contributed by atoms with Gasteiger partial charge in [-0.3, -0.25) is 0 Å². The van der Waals surface area contributed by atoms with Crippen molar-refractivity contribution in [3.8, 4) is 0 Å². The van der Waals surface area contributed by atoms with Crippen LogP contribution >= 0.6 is 23.2 Å². The van der Waals surface area contributed by atoms with Gasteiger partial charge in [-0.05, 0) is 38.0 Å². The van der Waals surface area contributed by atoms with Gasteiger partial charge < -0.3 is 10.2 Å². The highest BCUT2D eigenvalue weighted by Crippen LogP contribution is 2.29. The van der Waals surface area contributed by atoms with Crippen LogP contribution < -0.4 is 10.2 Å². The predicted octanol–water partition coefficient (Wildman–Crippen LogP) is 5.22. The lowest BCUT2D eigenvalue weighted by molar-refractivity contribution is 0.726. The first kappa shape index (κ1) is 16.3. The summed E-state index contributed by atoms with van der Waals surface area (Å²) in [4.78, 5) is 11.4. The van der Waals surface area contributed by atoms with Gasteiger partial charge in [0.05, 0.1) is 10.7 Å². The molecule has 1 aromatic heterocycles. The average Bonchev–Trinajstić information content (AvgIpc) is 2.79. The molecule has 0 amide bonds. The van der Waals surface area contributed by atoms with Crippen molar-refractivity contribution in [1.29, 1.82) is 0 Å². The maximum Gasteiger partial charge on any atom is 0.136 e. The first-order chi connectivity index (χ1) is 11.1. The molecule has 0 radical (unpaired) electrons. The molecule has 0 unspecified atom stereocenters. The monoisotopic (exact) mass is 350 g/mol. The molecule has 1 fully saturated rings. The molecule has 0 bridgehead atoms. The fraction of sp³-hybridized carbons (Fsp3) is 0.412. The van der Waals surface area contributed by atoms with E-state index in [-0.39, 0.29) is 0 Å². The molecule has 1 aromatic carbocycles. The molecular formula is C17H20Cl2N4. The van der Waals surface area contributed by atoms with E-state index >= 15 is 0 Å². The maximum atomic E-state index is 6.23. The van der Waals surface area contributed by atoms with E-state index in [0.29, 0.717) is 10.0 Å². The Morgan fingerprint density at radius 1 is 1.00 bits per heavy atom. The van der Waals surface area contributed by atoms with Crippen LogP contribution in [-0.2, 0) is 0 Å². The van der Waals surface area contributed by atoms with Crippen molar-refractivity contribution >= 4 is 40.5 Å². The summed E-state index contributed by atoms with van der Waals surface area (Å²) in [5.41, 5.74) is 0.788. The van der Waals surface area contributed by atoms with E-state index < -0.39 is 0 Å². The van der Waals surface area contributed by atoms with Crippen molar-refractivity contribution in [3.05, 3.63) is 40.1 Å². The van der Waals surface area contributed by atoms with Gasteiger partial charge in [0.2, 0.25) is 0 Å². The van der Waals surface area contributed by atoms with E-state index in [1.165, 1.54) is 25.7 Å². The van der Waals surface area contributed by atoms with Gasteiger partial charge >= 0.3 is 0 Å². The highest BCUT2D eigenvalue weighted by Gasteiger charge is 2.13. The number of benzene rings is 1. The number of anilines is 3. The van der Waals surface area contributed by atoms with Crippen LogP contribution in [0.5, 0.6) is 0 Å². The van der Waals surface area contributed by atoms with Crippen molar-refractivity contribution < 1.29 is 0 Å². The SMILES string of the molecule is Cc1nc(Nc2ccc(Cl)cc2Cl)cc(N2CCCCCC2)n1. The average molecular weight is 351 g/mol. The normalized spacial score (nSPS) is 15.3. The van der Waals surface area contributed by atoms with Crippen molar-refractivity contribution in [1.82, 2.24) is 9.97 Å². The third kappa shape index (κ3) is 4.27. The summed E-state index contributed by atoms with van der Waals surface area (Å²) in [6.45, 7) is 4.02. The minimum absolute atomic E-state index is 0.574. The van der Waals surface area contributed by atoms with E-state index in [0.717, 1.165) is 36.2 Å². The predicted molar refractivity (Wildman–Crippen MR) is 97.2 cm³/mol. The second-order valence-electron chi connectivity index (χ2n) is 5.81. The molecule has 2 heterocycles. The minimum atomic E-state index is 0.574. The molecule has 1 N–H and O–H groups in total. The summed E-state index contributed by atoms with van der Waals surface area (Å²) in [6, 6.07) is 7.37. The Labute approximate surface area is 146 Å². The van der Waals surface area contributed by atoms with Gasteiger partial charge in [0.15, 0.2) is 0 Å². The first-order valence-electron chi connectivity index (χ1n) is 7.94. The minimum Gasteiger partial charge on any atom is -0.356 e. The Hall–Kier alpha value is -1.52. The van der Waals surface area contributed by atoms with E-state index in [2.05, 4.69) is 20.2 Å². The van der Waals surface area contributed by atoms with Crippen LogP contribution in [0, 0.1) is 6.92 Å². The second-order valence-corrected chi connectivity index (χ2v) is 6.65. The number of halogens is 2. The zero-order chi connectivity index (χ0) is 16.2. The van der Waals surface area contributed by atoms with Crippen LogP contribution in [0.25, 0.3) is 0 Å². The molecule has 1 saturated heterocycles. The Bertz CT molecular complexity index is 682.